The number of nitrogens with two attached hydrogens (primary N) is 2. The number of hydrogen-bond donors (Lipinski definition) is 4. The number of aromatic hydroxyl groups is 2. The maximum atomic E-state index is 8.94. The van der Waals surface area contributed by atoms with Crippen LogP contribution < -0.4 is 11.5 Å². The molecule has 98 valence electrons. The van der Waals surface area contributed by atoms with Crippen LogP contribution in [0.4, 0.5) is 0 Å². The van der Waals surface area contributed by atoms with Gasteiger partial charge in [0, 0.05) is 16.8 Å². The second-order valence-electron chi connectivity index (χ2n) is 4.67. The van der Waals surface area contributed by atoms with Crippen molar-refractivity contribution >= 4 is 0 Å². The Morgan fingerprint density at radius 1 is 1.22 bits per heavy atom. The molecule has 1 aliphatic rings. The highest BCUT2D eigenvalue weighted by atomic mass is 16.3. The lowest BCUT2D eigenvalue weighted by Crippen LogP contribution is -2.34. The van der Waals surface area contributed by atoms with Gasteiger partial charge in [0.25, 0.3) is 0 Å². The molecule has 18 heavy (non-hydrogen) atoms. The lowest BCUT2D eigenvalue weighted by molar-refractivity contribution is 0.443. The molecule has 1 atom stereocenters. The number of benzene rings is 1. The quantitative estimate of drug-likeness (QED) is 0.564. The normalized spacial score (nSPS) is 21.8. The van der Waals surface area contributed by atoms with E-state index in [-0.39, 0.29) is 17.0 Å². The van der Waals surface area contributed by atoms with Gasteiger partial charge >= 0.3 is 0 Å². The molecule has 0 bridgehead atoms. The summed E-state index contributed by atoms with van der Waals surface area (Å²) in [4.78, 5) is 0. The summed E-state index contributed by atoms with van der Waals surface area (Å²) >= 11 is 0. The van der Waals surface area contributed by atoms with Crippen LogP contribution in [0.25, 0.3) is 0 Å². The molecule has 0 heterocycles. The van der Waals surface area contributed by atoms with Crippen LogP contribution in [0.2, 0.25) is 0 Å². The van der Waals surface area contributed by atoms with Gasteiger partial charge < -0.3 is 21.7 Å². The van der Waals surface area contributed by atoms with Gasteiger partial charge in [-0.25, -0.2) is 0 Å². The van der Waals surface area contributed by atoms with Crippen LogP contribution in [0.3, 0.4) is 0 Å². The minimum absolute atomic E-state index is 0.134. The number of phenols is 2. The van der Waals surface area contributed by atoms with Crippen molar-refractivity contribution in [2.45, 2.75) is 25.8 Å². The monoisotopic (exact) mass is 248 g/mol. The van der Waals surface area contributed by atoms with Gasteiger partial charge in [-0.1, -0.05) is 18.2 Å². The maximum Gasteiger partial charge on any atom is 0.122 e. The Bertz CT molecular complexity index is 456. The molecule has 4 heteroatoms. The fourth-order valence-corrected chi connectivity index (χ4v) is 1.37. The Balaban J connectivity index is 0.000000180. The molecule has 0 aromatic heterocycles. The molecule has 0 amide bonds. The van der Waals surface area contributed by atoms with E-state index in [9.17, 15) is 0 Å². The average Bonchev–Trinajstić information content (AvgIpc) is 2.31. The largest absolute Gasteiger partial charge is 0.508 e. The van der Waals surface area contributed by atoms with Crippen LogP contribution >= 0.6 is 0 Å². The minimum atomic E-state index is -0.178. The maximum absolute atomic E-state index is 8.94. The van der Waals surface area contributed by atoms with Gasteiger partial charge in [0.2, 0.25) is 0 Å². The van der Waals surface area contributed by atoms with Gasteiger partial charge in [-0.15, -0.1) is 0 Å². The Morgan fingerprint density at radius 3 is 2.11 bits per heavy atom. The van der Waals surface area contributed by atoms with Crippen LogP contribution in [0.1, 0.15) is 18.9 Å². The first-order chi connectivity index (χ1) is 8.32. The Labute approximate surface area is 107 Å². The first-order valence-corrected chi connectivity index (χ1v) is 5.73. The second kappa shape index (κ2) is 5.60. The van der Waals surface area contributed by atoms with E-state index in [1.54, 1.807) is 13.0 Å². The first kappa shape index (κ1) is 14.1. The Kier molecular flexibility index (Phi) is 4.39. The summed E-state index contributed by atoms with van der Waals surface area (Å²) in [5.41, 5.74) is 12.4. The molecule has 1 aliphatic carbocycles. The van der Waals surface area contributed by atoms with Gasteiger partial charge in [0.15, 0.2) is 0 Å². The fourth-order valence-electron chi connectivity index (χ4n) is 1.37. The van der Waals surface area contributed by atoms with Crippen molar-refractivity contribution < 1.29 is 10.2 Å². The summed E-state index contributed by atoms with van der Waals surface area (Å²) in [5.74, 6) is 0.269. The van der Waals surface area contributed by atoms with E-state index in [0.717, 1.165) is 12.1 Å². The van der Waals surface area contributed by atoms with Crippen LogP contribution in [0.15, 0.2) is 42.1 Å². The summed E-state index contributed by atoms with van der Waals surface area (Å²) in [6, 6.07) is 4.67. The molecule has 0 radical (unpaired) electrons. The van der Waals surface area contributed by atoms with Crippen LogP contribution in [-0.4, -0.2) is 15.8 Å². The van der Waals surface area contributed by atoms with E-state index in [1.807, 2.05) is 25.2 Å². The minimum Gasteiger partial charge on any atom is -0.508 e. The number of allylic oxidation sites excluding steroid dienone is 1. The highest BCUT2D eigenvalue weighted by molar-refractivity contribution is 5.41. The van der Waals surface area contributed by atoms with Crippen molar-refractivity contribution in [3.05, 3.63) is 47.7 Å². The molecule has 6 N–H and O–H groups in total. The predicted octanol–water partition coefficient (Wildman–Crippen LogP) is 1.91. The standard InChI is InChI=1S/C7H12N2.C7H8O2/c1-7(9)4-2-6(8)3-5-7;1-5-6(8)3-2-4-7(5)9/h2-4H,5,8-9H2,1H3;2-4,8-9H,1H3. The molecular weight excluding hydrogens is 228 g/mol. The molecule has 2 rings (SSSR count). The highest BCUT2D eigenvalue weighted by Crippen LogP contribution is 2.23. The van der Waals surface area contributed by atoms with Crippen molar-refractivity contribution in [2.75, 3.05) is 0 Å². The van der Waals surface area contributed by atoms with Crippen LogP contribution in [0.5, 0.6) is 11.5 Å². The van der Waals surface area contributed by atoms with Gasteiger partial charge in [-0.2, -0.15) is 0 Å². The molecule has 0 saturated carbocycles. The van der Waals surface area contributed by atoms with Crippen molar-refractivity contribution in [1.29, 1.82) is 0 Å². The van der Waals surface area contributed by atoms with Gasteiger partial charge in [-0.05, 0) is 38.5 Å². The number of phenolic OH excluding ortho intramolecular Hbond substituents is 2. The van der Waals surface area contributed by atoms with Crippen molar-refractivity contribution in [3.8, 4) is 11.5 Å². The lowest BCUT2D eigenvalue weighted by atomic mass is 9.94. The Hall–Kier alpha value is -1.94. The summed E-state index contributed by atoms with van der Waals surface area (Å²) in [7, 11) is 0. The van der Waals surface area contributed by atoms with E-state index in [2.05, 4.69) is 0 Å². The number of hydrogen-bond acceptors (Lipinski definition) is 4. The van der Waals surface area contributed by atoms with E-state index in [4.69, 9.17) is 21.7 Å². The smallest absolute Gasteiger partial charge is 0.122 e. The van der Waals surface area contributed by atoms with Crippen molar-refractivity contribution in [1.82, 2.24) is 0 Å². The predicted molar refractivity (Wildman–Crippen MR) is 73.1 cm³/mol. The SMILES string of the molecule is CC1(N)C=CC(N)=CC1.Cc1c(O)cccc1O. The average molecular weight is 248 g/mol. The Morgan fingerprint density at radius 2 is 1.78 bits per heavy atom. The molecule has 0 aliphatic heterocycles. The van der Waals surface area contributed by atoms with E-state index >= 15 is 0 Å². The molecule has 1 unspecified atom stereocenters. The van der Waals surface area contributed by atoms with E-state index in [1.165, 1.54) is 12.1 Å². The third kappa shape index (κ3) is 4.14. The lowest BCUT2D eigenvalue weighted by Gasteiger charge is -2.21. The summed E-state index contributed by atoms with van der Waals surface area (Å²) in [6.07, 6.45) is 6.57. The first-order valence-electron chi connectivity index (χ1n) is 5.73. The summed E-state index contributed by atoms with van der Waals surface area (Å²) in [6.45, 7) is 3.64. The zero-order chi connectivity index (χ0) is 13.8. The second-order valence-corrected chi connectivity index (χ2v) is 4.67. The summed E-state index contributed by atoms with van der Waals surface area (Å²) < 4.78 is 0. The topological polar surface area (TPSA) is 92.5 Å². The van der Waals surface area contributed by atoms with Crippen LogP contribution in [-0.2, 0) is 0 Å². The zero-order valence-corrected chi connectivity index (χ0v) is 10.7. The molecule has 1 aromatic carbocycles. The fraction of sp³-hybridized carbons (Fsp3) is 0.286. The zero-order valence-electron chi connectivity index (χ0n) is 10.7. The van der Waals surface area contributed by atoms with E-state index in [0.29, 0.717) is 5.56 Å². The van der Waals surface area contributed by atoms with Gasteiger partial charge in [-0.3, -0.25) is 0 Å². The highest BCUT2D eigenvalue weighted by Gasteiger charge is 2.14. The van der Waals surface area contributed by atoms with Gasteiger partial charge in [0.05, 0.1) is 0 Å². The van der Waals surface area contributed by atoms with Gasteiger partial charge in [0.1, 0.15) is 11.5 Å². The van der Waals surface area contributed by atoms with E-state index < -0.39 is 0 Å². The molecule has 0 saturated heterocycles. The third-order valence-corrected chi connectivity index (χ3v) is 2.71. The summed E-state index contributed by atoms with van der Waals surface area (Å²) in [5, 5.41) is 17.9. The van der Waals surface area contributed by atoms with Crippen molar-refractivity contribution in [2.24, 2.45) is 11.5 Å². The molecular formula is C14H20N2O2. The molecule has 0 fully saturated rings. The van der Waals surface area contributed by atoms with Crippen LogP contribution in [0, 0.1) is 6.92 Å². The molecule has 1 aromatic rings. The molecule has 0 spiro atoms. The number of rotatable bonds is 0. The third-order valence-electron chi connectivity index (χ3n) is 2.71. The molecule has 4 nitrogen and oxygen atoms in total. The van der Waals surface area contributed by atoms with Crippen molar-refractivity contribution in [3.63, 3.8) is 0 Å².